The van der Waals surface area contributed by atoms with E-state index in [1.54, 1.807) is 0 Å². The molecule has 1 N–H and O–H groups in total. The average molecular weight is 327 g/mol. The van der Waals surface area contributed by atoms with E-state index in [1.807, 2.05) is 6.92 Å². The van der Waals surface area contributed by atoms with E-state index in [2.05, 4.69) is 10.1 Å². The van der Waals surface area contributed by atoms with Gasteiger partial charge in [-0.05, 0) is 37.3 Å². The third kappa shape index (κ3) is 2.41. The van der Waals surface area contributed by atoms with E-state index < -0.39 is 23.7 Å². The molecule has 0 radical (unpaired) electrons. The molecule has 5 nitrogen and oxygen atoms in total. The number of carbonyl (C=O) groups excluding carboxylic acids is 1. The normalized spacial score (nSPS) is 30.8. The minimum absolute atomic E-state index is 0.00118. The number of pyridine rings is 1. The molecule has 1 aromatic rings. The van der Waals surface area contributed by atoms with E-state index in [1.165, 1.54) is 24.5 Å². The van der Waals surface area contributed by atoms with Gasteiger partial charge < -0.3 is 5.11 Å². The van der Waals surface area contributed by atoms with Crippen molar-refractivity contribution in [1.29, 1.82) is 0 Å². The van der Waals surface area contributed by atoms with Crippen molar-refractivity contribution < 1.29 is 23.1 Å². The van der Waals surface area contributed by atoms with Crippen LogP contribution in [-0.4, -0.2) is 38.6 Å². The van der Waals surface area contributed by atoms with Crippen molar-refractivity contribution in [1.82, 2.24) is 9.99 Å². The molecule has 0 bridgehead atoms. The summed E-state index contributed by atoms with van der Waals surface area (Å²) in [7, 11) is 0. The highest BCUT2D eigenvalue weighted by molar-refractivity contribution is 5.99. The van der Waals surface area contributed by atoms with Gasteiger partial charge in [-0.25, -0.2) is 0 Å². The number of hydrogen-bond acceptors (Lipinski definition) is 4. The quantitative estimate of drug-likeness (QED) is 0.862. The summed E-state index contributed by atoms with van der Waals surface area (Å²) in [6.45, 7) is 1.83. The van der Waals surface area contributed by atoms with Gasteiger partial charge in [-0.15, -0.1) is 0 Å². The van der Waals surface area contributed by atoms with Crippen molar-refractivity contribution in [2.75, 3.05) is 0 Å². The standard InChI is InChI=1S/C15H16F3N3O2/c1-9-2-3-12-11(8-9)14(23,15(16,17)18)21(20-12)13(22)10-4-6-19-7-5-10/h4-7,9,11,23H,2-3,8H2,1H3/t9-,11+,14+/m1/s1. The number of nitrogens with zero attached hydrogens (tertiary/aromatic N) is 3. The van der Waals surface area contributed by atoms with Gasteiger partial charge in [0, 0.05) is 23.7 Å². The maximum atomic E-state index is 13.6. The van der Waals surface area contributed by atoms with Crippen LogP contribution >= 0.6 is 0 Å². The molecule has 23 heavy (non-hydrogen) atoms. The van der Waals surface area contributed by atoms with E-state index in [9.17, 15) is 23.1 Å². The van der Waals surface area contributed by atoms with Gasteiger partial charge in [-0.3, -0.25) is 9.78 Å². The van der Waals surface area contributed by atoms with Crippen LogP contribution in [0.15, 0.2) is 29.6 Å². The number of carbonyl (C=O) groups is 1. The first-order valence-electron chi connectivity index (χ1n) is 7.36. The summed E-state index contributed by atoms with van der Waals surface area (Å²) in [5.74, 6) is -2.16. The molecule has 2 heterocycles. The summed E-state index contributed by atoms with van der Waals surface area (Å²) in [4.78, 5) is 16.2. The smallest absolute Gasteiger partial charge is 0.362 e. The maximum absolute atomic E-state index is 13.6. The highest BCUT2D eigenvalue weighted by atomic mass is 19.4. The average Bonchev–Trinajstić information content (AvgIpc) is 2.81. The lowest BCUT2D eigenvalue weighted by Crippen LogP contribution is -2.61. The van der Waals surface area contributed by atoms with Crippen molar-refractivity contribution in [3.8, 4) is 0 Å². The molecule has 1 aliphatic heterocycles. The SMILES string of the molecule is C[C@@H]1CCC2=NN(C(=O)c3ccncc3)[C@@](O)(C(F)(F)F)[C@H]2C1. The highest BCUT2D eigenvalue weighted by Gasteiger charge is 2.68. The lowest BCUT2D eigenvalue weighted by atomic mass is 9.76. The first kappa shape index (κ1) is 15.9. The molecule has 0 unspecified atom stereocenters. The molecule has 3 atom stereocenters. The van der Waals surface area contributed by atoms with Gasteiger partial charge in [-0.2, -0.15) is 23.3 Å². The summed E-state index contributed by atoms with van der Waals surface area (Å²) in [6.07, 6.45) is -1.20. The summed E-state index contributed by atoms with van der Waals surface area (Å²) in [5.41, 5.74) is -3.05. The van der Waals surface area contributed by atoms with Gasteiger partial charge in [0.2, 0.25) is 0 Å². The number of hydrazone groups is 1. The van der Waals surface area contributed by atoms with E-state index in [-0.39, 0.29) is 28.6 Å². The largest absolute Gasteiger partial charge is 0.439 e. The number of alkyl halides is 3. The zero-order valence-electron chi connectivity index (χ0n) is 12.4. The summed E-state index contributed by atoms with van der Waals surface area (Å²) >= 11 is 0. The number of halogens is 3. The van der Waals surface area contributed by atoms with Crippen LogP contribution in [0, 0.1) is 11.8 Å². The number of rotatable bonds is 1. The molecule has 124 valence electrons. The molecule has 1 saturated carbocycles. The molecule has 3 rings (SSSR count). The van der Waals surface area contributed by atoms with E-state index in [0.29, 0.717) is 12.8 Å². The zero-order chi connectivity index (χ0) is 16.8. The highest BCUT2D eigenvalue weighted by Crippen LogP contribution is 2.49. The van der Waals surface area contributed by atoms with Gasteiger partial charge in [0.05, 0.1) is 5.92 Å². The van der Waals surface area contributed by atoms with Gasteiger partial charge >= 0.3 is 6.18 Å². The molecule has 0 spiro atoms. The van der Waals surface area contributed by atoms with Crippen molar-refractivity contribution >= 4 is 11.6 Å². The van der Waals surface area contributed by atoms with Gasteiger partial charge in [-0.1, -0.05) is 6.92 Å². The first-order chi connectivity index (χ1) is 10.7. The summed E-state index contributed by atoms with van der Waals surface area (Å²) in [5, 5.41) is 14.5. The molecular formula is C15H16F3N3O2. The Labute approximate surface area is 130 Å². The minimum Gasteiger partial charge on any atom is -0.362 e. The molecule has 1 fully saturated rings. The molecule has 0 aromatic carbocycles. The Hall–Kier alpha value is -1.96. The maximum Gasteiger partial charge on any atom is 0.439 e. The Morgan fingerprint density at radius 3 is 2.65 bits per heavy atom. The van der Waals surface area contributed by atoms with Crippen LogP contribution in [0.25, 0.3) is 0 Å². The van der Waals surface area contributed by atoms with Crippen LogP contribution < -0.4 is 0 Å². The zero-order valence-corrected chi connectivity index (χ0v) is 12.4. The number of aromatic nitrogens is 1. The lowest BCUT2D eigenvalue weighted by molar-refractivity contribution is -0.313. The van der Waals surface area contributed by atoms with Gasteiger partial charge in [0.1, 0.15) is 0 Å². The van der Waals surface area contributed by atoms with Crippen molar-refractivity contribution in [3.05, 3.63) is 30.1 Å². The summed E-state index contributed by atoms with van der Waals surface area (Å²) in [6, 6.07) is 2.59. The lowest BCUT2D eigenvalue weighted by Gasteiger charge is -2.39. The van der Waals surface area contributed by atoms with Crippen LogP contribution in [0.1, 0.15) is 36.5 Å². The Morgan fingerprint density at radius 1 is 1.39 bits per heavy atom. The number of fused-ring (bicyclic) bond motifs is 1. The van der Waals surface area contributed by atoms with Crippen LogP contribution in [0.4, 0.5) is 13.2 Å². The number of hydrogen-bond donors (Lipinski definition) is 1. The van der Waals surface area contributed by atoms with E-state index in [4.69, 9.17) is 0 Å². The van der Waals surface area contributed by atoms with E-state index >= 15 is 0 Å². The molecule has 2 aliphatic rings. The Bertz CT molecular complexity index is 647. The second-order valence-electron chi connectivity index (χ2n) is 6.10. The third-order valence-corrected chi connectivity index (χ3v) is 4.51. The molecule has 1 aromatic heterocycles. The van der Waals surface area contributed by atoms with Crippen molar-refractivity contribution in [2.24, 2.45) is 16.9 Å². The van der Waals surface area contributed by atoms with Crippen LogP contribution in [-0.2, 0) is 0 Å². The number of aliphatic hydroxyl groups is 1. The Kier molecular flexibility index (Phi) is 3.66. The first-order valence-corrected chi connectivity index (χ1v) is 7.36. The third-order valence-electron chi connectivity index (χ3n) is 4.51. The fourth-order valence-electron chi connectivity index (χ4n) is 3.23. The van der Waals surface area contributed by atoms with Crippen LogP contribution in [0.3, 0.4) is 0 Å². The molecule has 8 heteroatoms. The van der Waals surface area contributed by atoms with E-state index in [0.717, 1.165) is 0 Å². The van der Waals surface area contributed by atoms with Crippen molar-refractivity contribution in [2.45, 2.75) is 38.1 Å². The monoisotopic (exact) mass is 327 g/mol. The van der Waals surface area contributed by atoms with Crippen LogP contribution in [0.5, 0.6) is 0 Å². The van der Waals surface area contributed by atoms with Gasteiger partial charge in [0.15, 0.2) is 0 Å². The molecule has 1 amide bonds. The molecular weight excluding hydrogens is 311 g/mol. The Balaban J connectivity index is 2.04. The minimum atomic E-state index is -5.00. The fraction of sp³-hybridized carbons (Fsp3) is 0.533. The van der Waals surface area contributed by atoms with Gasteiger partial charge in [0.25, 0.3) is 11.6 Å². The van der Waals surface area contributed by atoms with Crippen molar-refractivity contribution in [3.63, 3.8) is 0 Å². The predicted octanol–water partition coefficient (Wildman–Crippen LogP) is 2.58. The predicted molar refractivity (Wildman–Crippen MR) is 75.4 cm³/mol. The topological polar surface area (TPSA) is 65.8 Å². The Morgan fingerprint density at radius 2 is 2.04 bits per heavy atom. The second kappa shape index (κ2) is 5.30. The molecule has 1 aliphatic carbocycles. The fourth-order valence-corrected chi connectivity index (χ4v) is 3.23. The summed E-state index contributed by atoms with van der Waals surface area (Å²) < 4.78 is 40.9. The number of amides is 1. The molecule has 0 saturated heterocycles. The van der Waals surface area contributed by atoms with Crippen LogP contribution in [0.2, 0.25) is 0 Å². The second-order valence-corrected chi connectivity index (χ2v) is 6.10.